The second-order valence-corrected chi connectivity index (χ2v) is 11.6. The average molecular weight is 522 g/mol. The molecule has 1 aliphatic rings. The lowest BCUT2D eigenvalue weighted by Crippen LogP contribution is -2.38. The third kappa shape index (κ3) is 4.70. The number of methoxy groups -OCH3 is 1. The summed E-state index contributed by atoms with van der Waals surface area (Å²) in [5.74, 6) is 2.51. The first-order valence-corrected chi connectivity index (χ1v) is 13.4. The molecule has 0 radical (unpaired) electrons. The molecule has 35 heavy (non-hydrogen) atoms. The van der Waals surface area contributed by atoms with Gasteiger partial charge in [-0.25, -0.2) is 22.8 Å². The zero-order valence-electron chi connectivity index (χ0n) is 20.2. The van der Waals surface area contributed by atoms with Gasteiger partial charge in [-0.15, -0.1) is 5.10 Å². The van der Waals surface area contributed by atoms with Gasteiger partial charge in [0.25, 0.3) is 0 Å². The van der Waals surface area contributed by atoms with Crippen molar-refractivity contribution < 1.29 is 17.8 Å². The van der Waals surface area contributed by atoms with Crippen LogP contribution in [0.5, 0.6) is 0 Å². The van der Waals surface area contributed by atoms with Gasteiger partial charge in [-0.1, -0.05) is 24.6 Å². The summed E-state index contributed by atoms with van der Waals surface area (Å²) in [6, 6.07) is 5.91. The third-order valence-corrected chi connectivity index (χ3v) is 9.34. The Morgan fingerprint density at radius 2 is 2.11 bits per heavy atom. The van der Waals surface area contributed by atoms with E-state index in [0.29, 0.717) is 40.4 Å². The van der Waals surface area contributed by atoms with Crippen LogP contribution in [0.2, 0.25) is 5.02 Å². The Balaban J connectivity index is 1.91. The fraction of sp³-hybridized carbons (Fsp3) is 0.400. The second kappa shape index (κ2) is 9.89. The zero-order chi connectivity index (χ0) is 25.5. The largest absolute Gasteiger partial charge is 0.434 e. The lowest BCUT2D eigenvalue weighted by molar-refractivity contribution is 0.185. The van der Waals surface area contributed by atoms with Crippen LogP contribution in [0.15, 0.2) is 38.4 Å². The number of aryl methyl sites for hydroxylation is 2. The van der Waals surface area contributed by atoms with Gasteiger partial charge in [0.15, 0.2) is 0 Å². The van der Waals surface area contributed by atoms with Gasteiger partial charge in [0.1, 0.15) is 11.9 Å². The molecule has 188 valence electrons. The highest BCUT2D eigenvalue weighted by Gasteiger charge is 2.40. The first-order chi connectivity index (χ1) is 16.6. The highest BCUT2D eigenvalue weighted by atomic mass is 35.5. The molecule has 0 saturated carbocycles. The summed E-state index contributed by atoms with van der Waals surface area (Å²) < 4.78 is 42.0. The van der Waals surface area contributed by atoms with Gasteiger partial charge < -0.3 is 9.15 Å². The van der Waals surface area contributed by atoms with E-state index in [9.17, 15) is 9.00 Å². The van der Waals surface area contributed by atoms with Crippen molar-refractivity contribution in [1.29, 1.82) is 0 Å². The molecule has 0 saturated heterocycles. The number of H-pyrrole nitrogens is 1. The number of benzene rings is 2. The van der Waals surface area contributed by atoms with Crippen LogP contribution in [0.1, 0.15) is 59.0 Å². The van der Waals surface area contributed by atoms with Crippen molar-refractivity contribution in [3.05, 3.63) is 79.4 Å². The van der Waals surface area contributed by atoms with E-state index in [4.69, 9.17) is 20.8 Å². The number of nitrogens with one attached hydrogen (secondary N) is 1. The molecule has 10 heteroatoms. The molecular weight excluding hydrogens is 493 g/mol. The summed E-state index contributed by atoms with van der Waals surface area (Å²) in [6.07, 6.45) is 1.28. The summed E-state index contributed by atoms with van der Waals surface area (Å²) in [6.45, 7) is 6.20. The van der Waals surface area contributed by atoms with Crippen LogP contribution in [0.25, 0.3) is 0 Å². The maximum atomic E-state index is 15.2. The molecule has 3 unspecified atom stereocenters. The maximum Gasteiger partial charge on any atom is 0.434 e. The number of hydrogen-bond acceptors (Lipinski definition) is 5. The van der Waals surface area contributed by atoms with Gasteiger partial charge in [0.05, 0.1) is 16.3 Å². The average Bonchev–Trinajstić information content (AvgIpc) is 3.18. The molecule has 0 bridgehead atoms. The number of aromatic nitrogens is 2. The normalized spacial score (nSPS) is 20.3. The van der Waals surface area contributed by atoms with Crippen molar-refractivity contribution in [2.75, 3.05) is 13.7 Å². The summed E-state index contributed by atoms with van der Waals surface area (Å²) in [4.78, 5) is 12.5. The predicted molar refractivity (Wildman–Crippen MR) is 135 cm³/mol. The molecule has 1 aromatic heterocycles. The molecule has 0 aliphatic carbocycles. The van der Waals surface area contributed by atoms with Crippen molar-refractivity contribution in [2.24, 2.45) is 0 Å². The van der Waals surface area contributed by atoms with Crippen molar-refractivity contribution in [1.82, 2.24) is 14.5 Å². The van der Waals surface area contributed by atoms with E-state index >= 15 is 4.39 Å². The molecule has 7 nitrogen and oxygen atoms in total. The van der Waals surface area contributed by atoms with Crippen LogP contribution in [-0.4, -0.2) is 38.2 Å². The molecule has 1 aliphatic heterocycles. The number of halogens is 2. The fourth-order valence-corrected chi connectivity index (χ4v) is 7.35. The minimum atomic E-state index is -3.12. The minimum absolute atomic E-state index is 0.0358. The zero-order valence-corrected chi connectivity index (χ0v) is 21.8. The highest BCUT2D eigenvalue weighted by Crippen LogP contribution is 2.42. The lowest BCUT2D eigenvalue weighted by Gasteiger charge is -2.35. The van der Waals surface area contributed by atoms with Gasteiger partial charge >= 0.3 is 5.76 Å². The van der Waals surface area contributed by atoms with Crippen LogP contribution in [0, 0.1) is 19.7 Å². The van der Waals surface area contributed by atoms with Crippen molar-refractivity contribution >= 4 is 27.2 Å². The number of rotatable bonds is 6. The monoisotopic (exact) mass is 521 g/mol. The molecular formula is C25H29ClFN3O4S. The highest BCUT2D eigenvalue weighted by molar-refractivity contribution is 7.98. The van der Waals surface area contributed by atoms with Crippen LogP contribution in [0.4, 0.5) is 4.39 Å². The molecule has 0 spiro atoms. The first kappa shape index (κ1) is 25.6. The van der Waals surface area contributed by atoms with E-state index in [1.165, 1.54) is 6.07 Å². The van der Waals surface area contributed by atoms with Crippen LogP contribution in [-0.2, 0) is 27.5 Å². The Morgan fingerprint density at radius 3 is 2.77 bits per heavy atom. The fourth-order valence-electron chi connectivity index (χ4n) is 4.89. The molecule has 0 fully saturated rings. The smallest absolute Gasteiger partial charge is 0.391 e. The van der Waals surface area contributed by atoms with E-state index in [0.717, 1.165) is 16.7 Å². The second-order valence-electron chi connectivity index (χ2n) is 8.96. The predicted octanol–water partition coefficient (Wildman–Crippen LogP) is 4.70. The summed E-state index contributed by atoms with van der Waals surface area (Å²) in [5, 5.41) is 6.90. The summed E-state index contributed by atoms with van der Waals surface area (Å²) in [7, 11) is -1.56. The van der Waals surface area contributed by atoms with Crippen molar-refractivity contribution in [3.63, 3.8) is 0 Å². The lowest BCUT2D eigenvalue weighted by atomic mass is 9.87. The van der Waals surface area contributed by atoms with E-state index < -0.39 is 27.4 Å². The van der Waals surface area contributed by atoms with Crippen LogP contribution < -0.4 is 5.76 Å². The number of aromatic amines is 1. The van der Waals surface area contributed by atoms with E-state index in [2.05, 4.69) is 16.1 Å². The maximum absolute atomic E-state index is 15.2. The Kier molecular flexibility index (Phi) is 7.24. The third-order valence-electron chi connectivity index (χ3n) is 6.76. The summed E-state index contributed by atoms with van der Waals surface area (Å²) in [5.41, 5.74) is 3.69. The number of ether oxygens (including phenoxy) is 1. The molecule has 4 rings (SSSR count). The quantitative estimate of drug-likeness (QED) is 0.475. The molecule has 2 heterocycles. The number of hydrogen-bond donors (Lipinski definition) is 1. The molecule has 3 aromatic rings. The minimum Gasteiger partial charge on any atom is -0.391 e. The van der Waals surface area contributed by atoms with Gasteiger partial charge in [0, 0.05) is 29.5 Å². The van der Waals surface area contributed by atoms with Crippen molar-refractivity contribution in [3.8, 4) is 0 Å². The van der Waals surface area contributed by atoms with E-state index in [1.54, 1.807) is 23.5 Å². The first-order valence-electron chi connectivity index (χ1n) is 11.3. The number of nitrogens with zero attached hydrogens (tertiary/aromatic N) is 2. The molecule has 1 N–H and O–H groups in total. The van der Waals surface area contributed by atoms with E-state index in [-0.39, 0.29) is 18.3 Å². The molecule has 0 amide bonds. The van der Waals surface area contributed by atoms with Crippen molar-refractivity contribution in [2.45, 2.75) is 57.1 Å². The van der Waals surface area contributed by atoms with Gasteiger partial charge in [-0.2, -0.15) is 0 Å². The Bertz CT molecular complexity index is 1420. The Morgan fingerprint density at radius 1 is 1.37 bits per heavy atom. The Labute approximate surface area is 209 Å². The van der Waals surface area contributed by atoms with Crippen LogP contribution >= 0.6 is 11.6 Å². The van der Waals surface area contributed by atoms with Crippen LogP contribution in [0.3, 0.4) is 0 Å². The SMILES string of the molecule is C=S1(=O)c2cc(COC)c(Cl)cc2CCCN1C(c1n[nH]c(=O)o1)C(C)c1c(F)ccc(C)c1C. The topological polar surface area (TPSA) is 88.4 Å². The van der Waals surface area contributed by atoms with Gasteiger partial charge in [-0.05, 0) is 78.6 Å². The van der Waals surface area contributed by atoms with Gasteiger partial charge in [0.2, 0.25) is 5.89 Å². The number of fused-ring (bicyclic) bond motifs is 1. The molecule has 2 aromatic carbocycles. The summed E-state index contributed by atoms with van der Waals surface area (Å²) >= 11 is 6.45. The van der Waals surface area contributed by atoms with E-state index in [1.807, 2.05) is 26.8 Å². The van der Waals surface area contributed by atoms with Gasteiger partial charge in [-0.3, -0.25) is 0 Å². The molecule has 3 atom stereocenters. The standard InChI is InChI=1S/C25H29ClFN3O4S/c1-14-8-9-20(27)22(15(14)2)16(3)23(24-28-29-25(31)34-24)30-10-6-7-17-11-19(26)18(13-33-4)12-21(17)35(30,5)32/h8-9,11-12,16,23H,5-7,10,13H2,1-4H3,(H,29,31). The Hall–Kier alpha value is -2.46.